The molecule has 23 heavy (non-hydrogen) atoms. The summed E-state index contributed by atoms with van der Waals surface area (Å²) in [5, 5.41) is 0. The Morgan fingerprint density at radius 1 is 1.26 bits per heavy atom. The van der Waals surface area contributed by atoms with E-state index in [1.54, 1.807) is 24.3 Å². The van der Waals surface area contributed by atoms with Crippen LogP contribution in [0.3, 0.4) is 0 Å². The van der Waals surface area contributed by atoms with E-state index in [9.17, 15) is 12.8 Å². The summed E-state index contributed by atoms with van der Waals surface area (Å²) in [5.41, 5.74) is 0.547. The molecule has 1 aromatic rings. The summed E-state index contributed by atoms with van der Waals surface area (Å²) < 4.78 is 39.7. The minimum Gasteiger partial charge on any atom is -0.264 e. The predicted octanol–water partition coefficient (Wildman–Crippen LogP) is 4.15. The first-order chi connectivity index (χ1) is 10.8. The lowest BCUT2D eigenvalue weighted by Crippen LogP contribution is -2.33. The third-order valence-electron chi connectivity index (χ3n) is 4.61. The van der Waals surface area contributed by atoms with Crippen LogP contribution in [0.15, 0.2) is 59.2 Å². The Kier molecular flexibility index (Phi) is 5.30. The third-order valence-corrected chi connectivity index (χ3v) is 6.45. The summed E-state index contributed by atoms with van der Waals surface area (Å²) in [5.74, 6) is 0.442. The summed E-state index contributed by atoms with van der Waals surface area (Å²) in [6, 6.07) is 8.16. The zero-order valence-corrected chi connectivity index (χ0v) is 14.7. The van der Waals surface area contributed by atoms with Crippen LogP contribution in [0.4, 0.5) is 4.39 Å². The van der Waals surface area contributed by atoms with Crippen LogP contribution in [0.1, 0.15) is 27.2 Å². The number of benzene rings is 1. The lowest BCUT2D eigenvalue weighted by Gasteiger charge is -2.34. The van der Waals surface area contributed by atoms with Crippen molar-refractivity contribution in [2.24, 2.45) is 11.3 Å². The van der Waals surface area contributed by atoms with E-state index in [1.807, 2.05) is 12.2 Å². The van der Waals surface area contributed by atoms with Gasteiger partial charge in [0.1, 0.15) is 6.67 Å². The molecule has 0 amide bonds. The summed E-state index contributed by atoms with van der Waals surface area (Å²) >= 11 is 0. The summed E-state index contributed by atoms with van der Waals surface area (Å²) in [4.78, 5) is 0.181. The van der Waals surface area contributed by atoms with Crippen LogP contribution in [0.25, 0.3) is 0 Å². The Morgan fingerprint density at radius 3 is 2.39 bits per heavy atom. The zero-order chi connectivity index (χ0) is 17.1. The Morgan fingerprint density at radius 2 is 1.91 bits per heavy atom. The number of alkyl halides is 1. The summed E-state index contributed by atoms with van der Waals surface area (Å²) in [6.45, 7) is 5.53. The predicted molar refractivity (Wildman–Crippen MR) is 91.1 cm³/mol. The molecule has 0 radical (unpaired) electrons. The molecule has 3 nitrogen and oxygen atoms in total. The van der Waals surface area contributed by atoms with Crippen molar-refractivity contribution in [1.82, 2.24) is 4.31 Å². The van der Waals surface area contributed by atoms with Gasteiger partial charge in [-0.3, -0.25) is 4.31 Å². The molecule has 0 fully saturated rings. The minimum atomic E-state index is -3.75. The van der Waals surface area contributed by atoms with E-state index >= 15 is 0 Å². The van der Waals surface area contributed by atoms with Crippen molar-refractivity contribution in [3.63, 3.8) is 0 Å². The lowest BCUT2D eigenvalue weighted by molar-refractivity contribution is 0.294. The number of allylic oxidation sites excluding steroid dienone is 3. The Labute approximate surface area is 138 Å². The highest BCUT2D eigenvalue weighted by Gasteiger charge is 2.31. The SMILES string of the molecule is CC(C)C1(C)C=CC(N(CCF)S(=O)(=O)c2ccccc2)=CC1. The molecule has 1 aliphatic carbocycles. The lowest BCUT2D eigenvalue weighted by atomic mass is 9.74. The van der Waals surface area contributed by atoms with Crippen LogP contribution < -0.4 is 0 Å². The molecule has 0 spiro atoms. The van der Waals surface area contributed by atoms with Crippen LogP contribution in [0.5, 0.6) is 0 Å². The highest BCUT2D eigenvalue weighted by Crippen LogP contribution is 2.37. The van der Waals surface area contributed by atoms with Crippen molar-refractivity contribution >= 4 is 10.0 Å². The van der Waals surface area contributed by atoms with E-state index in [4.69, 9.17) is 0 Å². The molecule has 0 aromatic heterocycles. The van der Waals surface area contributed by atoms with Crippen molar-refractivity contribution in [2.45, 2.75) is 32.1 Å². The molecule has 2 rings (SSSR count). The molecule has 0 saturated heterocycles. The first-order valence-electron chi connectivity index (χ1n) is 7.84. The Bertz CT molecular complexity index is 695. The average molecular weight is 337 g/mol. The van der Waals surface area contributed by atoms with Crippen LogP contribution in [-0.2, 0) is 10.0 Å². The highest BCUT2D eigenvalue weighted by atomic mass is 32.2. The van der Waals surface area contributed by atoms with Crippen molar-refractivity contribution in [1.29, 1.82) is 0 Å². The number of nitrogens with zero attached hydrogens (tertiary/aromatic N) is 1. The molecule has 1 aliphatic rings. The normalized spacial score (nSPS) is 21.3. The summed E-state index contributed by atoms with van der Waals surface area (Å²) in [7, 11) is -3.75. The first kappa shape index (κ1) is 17.7. The maximum atomic E-state index is 13.0. The van der Waals surface area contributed by atoms with E-state index < -0.39 is 16.7 Å². The highest BCUT2D eigenvalue weighted by molar-refractivity contribution is 7.89. The Hall–Kier alpha value is -1.62. The topological polar surface area (TPSA) is 37.4 Å². The molecule has 126 valence electrons. The van der Waals surface area contributed by atoms with Gasteiger partial charge in [0.2, 0.25) is 0 Å². The zero-order valence-electron chi connectivity index (χ0n) is 13.9. The van der Waals surface area contributed by atoms with E-state index in [0.29, 0.717) is 11.6 Å². The monoisotopic (exact) mass is 337 g/mol. The van der Waals surface area contributed by atoms with Gasteiger partial charge in [-0.05, 0) is 36.0 Å². The molecule has 0 bridgehead atoms. The van der Waals surface area contributed by atoms with E-state index in [0.717, 1.165) is 6.42 Å². The number of rotatable bonds is 6. The van der Waals surface area contributed by atoms with Crippen LogP contribution in [-0.4, -0.2) is 25.9 Å². The third kappa shape index (κ3) is 3.66. The van der Waals surface area contributed by atoms with E-state index in [1.165, 1.54) is 16.4 Å². The molecule has 0 aliphatic heterocycles. The van der Waals surface area contributed by atoms with Gasteiger partial charge in [0.05, 0.1) is 11.4 Å². The van der Waals surface area contributed by atoms with Gasteiger partial charge in [0, 0.05) is 5.70 Å². The largest absolute Gasteiger partial charge is 0.264 e. The van der Waals surface area contributed by atoms with E-state index in [-0.39, 0.29) is 16.9 Å². The van der Waals surface area contributed by atoms with Gasteiger partial charge in [-0.15, -0.1) is 0 Å². The molecule has 0 heterocycles. The molecular weight excluding hydrogens is 313 g/mol. The summed E-state index contributed by atoms with van der Waals surface area (Å²) in [6.07, 6.45) is 6.48. The maximum Gasteiger partial charge on any atom is 0.264 e. The van der Waals surface area contributed by atoms with Crippen LogP contribution in [0.2, 0.25) is 0 Å². The fourth-order valence-electron chi connectivity index (χ4n) is 2.53. The number of hydrogen-bond acceptors (Lipinski definition) is 2. The smallest absolute Gasteiger partial charge is 0.264 e. The molecule has 0 saturated carbocycles. The van der Waals surface area contributed by atoms with Crippen LogP contribution >= 0.6 is 0 Å². The van der Waals surface area contributed by atoms with Gasteiger partial charge in [0.15, 0.2) is 0 Å². The van der Waals surface area contributed by atoms with Gasteiger partial charge in [-0.1, -0.05) is 51.1 Å². The van der Waals surface area contributed by atoms with Gasteiger partial charge in [-0.2, -0.15) is 0 Å². The first-order valence-corrected chi connectivity index (χ1v) is 9.28. The Balaban J connectivity index is 2.34. The van der Waals surface area contributed by atoms with Crippen molar-refractivity contribution in [3.05, 3.63) is 54.3 Å². The van der Waals surface area contributed by atoms with E-state index in [2.05, 4.69) is 20.8 Å². The second-order valence-corrected chi connectivity index (χ2v) is 8.27. The van der Waals surface area contributed by atoms with Crippen molar-refractivity contribution < 1.29 is 12.8 Å². The average Bonchev–Trinajstić information content (AvgIpc) is 2.54. The minimum absolute atomic E-state index is 0.00138. The molecule has 1 aromatic carbocycles. The van der Waals surface area contributed by atoms with Gasteiger partial charge in [-0.25, -0.2) is 12.8 Å². The van der Waals surface area contributed by atoms with Crippen molar-refractivity contribution in [3.8, 4) is 0 Å². The second kappa shape index (κ2) is 6.87. The van der Waals surface area contributed by atoms with Crippen molar-refractivity contribution in [2.75, 3.05) is 13.2 Å². The molecule has 1 atom stereocenters. The number of hydrogen-bond donors (Lipinski definition) is 0. The van der Waals surface area contributed by atoms with Gasteiger partial charge in [0.25, 0.3) is 10.0 Å². The van der Waals surface area contributed by atoms with Crippen LogP contribution in [0, 0.1) is 11.3 Å². The quantitative estimate of drug-likeness (QED) is 0.782. The standard InChI is InChI=1S/C18H24FNO2S/c1-15(2)18(3)11-9-16(10-12-18)20(14-13-19)23(21,22)17-7-5-4-6-8-17/h4-11,15H,12-14H2,1-3H3. The number of sulfonamides is 1. The maximum absolute atomic E-state index is 13.0. The van der Waals surface area contributed by atoms with Gasteiger partial charge < -0.3 is 0 Å². The van der Waals surface area contributed by atoms with Gasteiger partial charge >= 0.3 is 0 Å². The molecule has 5 heteroatoms. The molecule has 1 unspecified atom stereocenters. The molecule has 0 N–H and O–H groups in total. The number of halogens is 1. The fourth-order valence-corrected chi connectivity index (χ4v) is 4.01. The second-order valence-electron chi connectivity index (χ2n) is 6.41. The molecular formula is C18H24FNO2S. The fraction of sp³-hybridized carbons (Fsp3) is 0.444.